The highest BCUT2D eigenvalue weighted by Gasteiger charge is 2.37. The minimum Gasteiger partial charge on any atom is -0.368 e. The molecule has 28 heavy (non-hydrogen) atoms. The number of hydrogen-bond acceptors (Lipinski definition) is 6. The van der Waals surface area contributed by atoms with Crippen molar-refractivity contribution in [3.8, 4) is 11.3 Å². The van der Waals surface area contributed by atoms with Gasteiger partial charge >= 0.3 is 12.3 Å². The van der Waals surface area contributed by atoms with Crippen LogP contribution >= 0.6 is 0 Å². The number of nitrogens with zero attached hydrogens (tertiary/aromatic N) is 4. The quantitative estimate of drug-likeness (QED) is 0.374. The predicted molar refractivity (Wildman–Crippen MR) is 89.1 cm³/mol. The van der Waals surface area contributed by atoms with E-state index in [1.807, 2.05) is 0 Å². The summed E-state index contributed by atoms with van der Waals surface area (Å²) in [5, 5.41) is 18.3. The summed E-state index contributed by atoms with van der Waals surface area (Å²) in [6.45, 7) is -0.0247. The fourth-order valence-corrected chi connectivity index (χ4v) is 2.47. The van der Waals surface area contributed by atoms with E-state index in [2.05, 4.69) is 15.0 Å². The van der Waals surface area contributed by atoms with Crippen LogP contribution in [-0.2, 0) is 11.3 Å². The first-order valence-corrected chi connectivity index (χ1v) is 7.77. The van der Waals surface area contributed by atoms with E-state index in [9.17, 15) is 28.1 Å². The molecule has 11 heteroatoms. The van der Waals surface area contributed by atoms with Crippen molar-refractivity contribution in [2.45, 2.75) is 12.9 Å². The third-order valence-electron chi connectivity index (χ3n) is 3.66. The summed E-state index contributed by atoms with van der Waals surface area (Å²) >= 11 is 0. The largest absolute Gasteiger partial charge is 0.575 e. The summed E-state index contributed by atoms with van der Waals surface area (Å²) < 4.78 is 42.2. The van der Waals surface area contributed by atoms with E-state index < -0.39 is 22.9 Å². The number of benzene rings is 2. The number of non-ortho nitro benzene ring substituents is 1. The molecule has 1 heterocycles. The van der Waals surface area contributed by atoms with Gasteiger partial charge in [0.15, 0.2) is 5.69 Å². The van der Waals surface area contributed by atoms with E-state index in [4.69, 9.17) is 0 Å². The molecule has 0 bridgehead atoms. The first-order valence-electron chi connectivity index (χ1n) is 7.77. The van der Waals surface area contributed by atoms with Crippen LogP contribution in [0.25, 0.3) is 11.3 Å². The summed E-state index contributed by atoms with van der Waals surface area (Å²) in [5.41, 5.74) is -0.0716. The highest BCUT2D eigenvalue weighted by atomic mass is 19.4. The summed E-state index contributed by atoms with van der Waals surface area (Å²) in [7, 11) is 0. The molecule has 0 fully saturated rings. The first-order chi connectivity index (χ1) is 13.2. The molecule has 3 rings (SSSR count). The number of halogens is 3. The molecule has 0 saturated heterocycles. The fourth-order valence-electron chi connectivity index (χ4n) is 2.47. The number of rotatable bonds is 5. The lowest BCUT2D eigenvalue weighted by atomic mass is 10.1. The van der Waals surface area contributed by atoms with Crippen LogP contribution in [-0.4, -0.2) is 32.2 Å². The second-order valence-corrected chi connectivity index (χ2v) is 5.57. The number of carbonyl (C=O) groups is 1. The van der Waals surface area contributed by atoms with E-state index in [-0.39, 0.29) is 23.5 Å². The van der Waals surface area contributed by atoms with Gasteiger partial charge in [0.25, 0.3) is 5.69 Å². The van der Waals surface area contributed by atoms with Crippen LogP contribution in [0.3, 0.4) is 0 Å². The molecule has 0 aliphatic rings. The minimum absolute atomic E-state index is 0.0247. The Morgan fingerprint density at radius 3 is 2.32 bits per heavy atom. The molecule has 0 saturated carbocycles. The van der Waals surface area contributed by atoms with Crippen LogP contribution in [0.1, 0.15) is 16.1 Å². The molecule has 3 aromatic rings. The van der Waals surface area contributed by atoms with Crippen molar-refractivity contribution in [3.63, 3.8) is 0 Å². The smallest absolute Gasteiger partial charge is 0.368 e. The summed E-state index contributed by atoms with van der Waals surface area (Å²) in [4.78, 5) is 22.3. The molecule has 0 unspecified atom stereocenters. The zero-order valence-electron chi connectivity index (χ0n) is 14.0. The molecule has 0 amide bonds. The molecule has 0 atom stereocenters. The zero-order valence-corrected chi connectivity index (χ0v) is 14.0. The average Bonchev–Trinajstić information content (AvgIpc) is 3.05. The number of hydrogen-bond donors (Lipinski definition) is 0. The minimum atomic E-state index is -5.19. The third-order valence-corrected chi connectivity index (χ3v) is 3.66. The molecule has 0 spiro atoms. The standard InChI is InChI=1S/C17H11F3N4O4/c18-17(19,20)28-16(25)15-14(12-6-8-13(9-7-12)24(26)27)21-22-23(15)10-11-4-2-1-3-5-11/h1-9H,10H2. The van der Waals surface area contributed by atoms with Crippen molar-refractivity contribution in [2.75, 3.05) is 0 Å². The Hall–Kier alpha value is -3.76. The van der Waals surface area contributed by atoms with E-state index in [0.717, 1.165) is 16.8 Å². The Kier molecular flexibility index (Phi) is 5.07. The Morgan fingerprint density at radius 1 is 1.11 bits per heavy atom. The summed E-state index contributed by atoms with van der Waals surface area (Å²) in [6, 6.07) is 13.4. The molecule has 0 aliphatic carbocycles. The van der Waals surface area contributed by atoms with Gasteiger partial charge in [-0.25, -0.2) is 9.48 Å². The number of nitro groups is 1. The lowest BCUT2D eigenvalue weighted by Crippen LogP contribution is -2.23. The van der Waals surface area contributed by atoms with Gasteiger partial charge in [0, 0.05) is 17.7 Å². The van der Waals surface area contributed by atoms with Crippen molar-refractivity contribution in [1.82, 2.24) is 15.0 Å². The van der Waals surface area contributed by atoms with Crippen molar-refractivity contribution in [1.29, 1.82) is 0 Å². The van der Waals surface area contributed by atoms with Gasteiger partial charge in [0.1, 0.15) is 5.69 Å². The molecular weight excluding hydrogens is 381 g/mol. The zero-order chi connectivity index (χ0) is 20.3. The van der Waals surface area contributed by atoms with Crippen molar-refractivity contribution in [2.24, 2.45) is 0 Å². The van der Waals surface area contributed by atoms with Crippen LogP contribution in [0.2, 0.25) is 0 Å². The monoisotopic (exact) mass is 392 g/mol. The lowest BCUT2D eigenvalue weighted by Gasteiger charge is -2.10. The van der Waals surface area contributed by atoms with Crippen LogP contribution in [0.5, 0.6) is 0 Å². The number of aromatic nitrogens is 3. The first kappa shape index (κ1) is 19.0. The van der Waals surface area contributed by atoms with Gasteiger partial charge in [-0.1, -0.05) is 35.5 Å². The summed E-state index contributed by atoms with van der Waals surface area (Å²) in [6.07, 6.45) is -5.19. The average molecular weight is 392 g/mol. The Balaban J connectivity index is 2.04. The molecule has 2 aromatic carbocycles. The lowest BCUT2D eigenvalue weighted by molar-refractivity contribution is -0.384. The van der Waals surface area contributed by atoms with Crippen molar-refractivity contribution in [3.05, 3.63) is 76.0 Å². The van der Waals surface area contributed by atoms with Gasteiger partial charge in [-0.15, -0.1) is 18.3 Å². The Bertz CT molecular complexity index is 1000. The van der Waals surface area contributed by atoms with Gasteiger partial charge in [0.2, 0.25) is 0 Å². The Labute approximate surface area is 155 Å². The van der Waals surface area contributed by atoms with E-state index in [1.54, 1.807) is 30.3 Å². The van der Waals surface area contributed by atoms with Crippen molar-refractivity contribution >= 4 is 11.7 Å². The molecular formula is C17H11F3N4O4. The highest BCUT2D eigenvalue weighted by Crippen LogP contribution is 2.27. The topological polar surface area (TPSA) is 100 Å². The van der Waals surface area contributed by atoms with E-state index in [0.29, 0.717) is 5.56 Å². The second kappa shape index (κ2) is 7.47. The van der Waals surface area contributed by atoms with Gasteiger partial charge in [0.05, 0.1) is 11.5 Å². The SMILES string of the molecule is O=C(OC(F)(F)F)c1c(-c2ccc([N+](=O)[O-])cc2)nnn1Cc1ccccc1. The molecule has 8 nitrogen and oxygen atoms in total. The molecule has 0 radical (unpaired) electrons. The van der Waals surface area contributed by atoms with E-state index >= 15 is 0 Å². The Morgan fingerprint density at radius 2 is 1.75 bits per heavy atom. The molecule has 0 N–H and O–H groups in total. The highest BCUT2D eigenvalue weighted by molar-refractivity contribution is 5.94. The third kappa shape index (κ3) is 4.31. The van der Waals surface area contributed by atoms with Crippen LogP contribution in [0.4, 0.5) is 18.9 Å². The maximum Gasteiger partial charge on any atom is 0.575 e. The predicted octanol–water partition coefficient (Wildman–Crippen LogP) is 3.58. The summed E-state index contributed by atoms with van der Waals surface area (Å²) in [5.74, 6) is -1.68. The maximum atomic E-state index is 12.6. The number of ether oxygens (including phenoxy) is 1. The van der Waals surface area contributed by atoms with Crippen LogP contribution < -0.4 is 0 Å². The number of nitro benzene ring substituents is 1. The van der Waals surface area contributed by atoms with E-state index in [1.165, 1.54) is 12.1 Å². The van der Waals surface area contributed by atoms with Gasteiger partial charge < -0.3 is 4.74 Å². The van der Waals surface area contributed by atoms with Gasteiger partial charge in [-0.05, 0) is 17.7 Å². The fraction of sp³-hybridized carbons (Fsp3) is 0.118. The normalized spacial score (nSPS) is 11.2. The number of alkyl halides is 3. The van der Waals surface area contributed by atoms with Gasteiger partial charge in [-0.3, -0.25) is 10.1 Å². The van der Waals surface area contributed by atoms with Crippen LogP contribution in [0, 0.1) is 10.1 Å². The molecule has 1 aromatic heterocycles. The van der Waals surface area contributed by atoms with Crippen molar-refractivity contribution < 1.29 is 27.6 Å². The maximum absolute atomic E-state index is 12.6. The van der Waals surface area contributed by atoms with Gasteiger partial charge in [-0.2, -0.15) is 0 Å². The second-order valence-electron chi connectivity index (χ2n) is 5.57. The van der Waals surface area contributed by atoms with Crippen LogP contribution in [0.15, 0.2) is 54.6 Å². The molecule has 144 valence electrons. The number of esters is 1. The molecule has 0 aliphatic heterocycles. The number of carbonyl (C=O) groups excluding carboxylic acids is 1.